The number of hydrogen-bond acceptors (Lipinski definition) is 3. The standard InChI is InChI=1S/C10H17N3/c1-8-3-4-10(13-7-8)9(11)5-6-12-2/h3-4,7,9,12H,5-6,11H2,1-2H3. The summed E-state index contributed by atoms with van der Waals surface area (Å²) < 4.78 is 0. The van der Waals surface area contributed by atoms with Crippen molar-refractivity contribution in [3.05, 3.63) is 29.6 Å². The van der Waals surface area contributed by atoms with E-state index in [1.54, 1.807) is 0 Å². The van der Waals surface area contributed by atoms with Gasteiger partial charge in [-0.15, -0.1) is 0 Å². The first kappa shape index (κ1) is 10.2. The highest BCUT2D eigenvalue weighted by Crippen LogP contribution is 2.10. The molecular formula is C10H17N3. The SMILES string of the molecule is CNCCC(N)c1ccc(C)cn1. The van der Waals surface area contributed by atoms with Gasteiger partial charge in [0, 0.05) is 12.2 Å². The smallest absolute Gasteiger partial charge is 0.0571 e. The third-order valence-corrected chi connectivity index (χ3v) is 2.02. The maximum absolute atomic E-state index is 5.93. The fraction of sp³-hybridized carbons (Fsp3) is 0.500. The van der Waals surface area contributed by atoms with Crippen LogP contribution in [0.3, 0.4) is 0 Å². The third kappa shape index (κ3) is 3.13. The van der Waals surface area contributed by atoms with Crippen LogP contribution in [0.4, 0.5) is 0 Å². The molecule has 0 radical (unpaired) electrons. The number of aromatic nitrogens is 1. The van der Waals surface area contributed by atoms with Crippen LogP contribution in [0.2, 0.25) is 0 Å². The van der Waals surface area contributed by atoms with Gasteiger partial charge in [-0.25, -0.2) is 0 Å². The molecule has 72 valence electrons. The first-order valence-corrected chi connectivity index (χ1v) is 4.56. The normalized spacial score (nSPS) is 12.8. The van der Waals surface area contributed by atoms with Crippen LogP contribution in [0.1, 0.15) is 23.7 Å². The topological polar surface area (TPSA) is 50.9 Å². The highest BCUT2D eigenvalue weighted by molar-refractivity contribution is 5.14. The van der Waals surface area contributed by atoms with Crippen molar-refractivity contribution in [3.8, 4) is 0 Å². The Balaban J connectivity index is 2.55. The summed E-state index contributed by atoms with van der Waals surface area (Å²) in [5, 5.41) is 3.07. The quantitative estimate of drug-likeness (QED) is 0.725. The van der Waals surface area contributed by atoms with Crippen LogP contribution < -0.4 is 11.1 Å². The van der Waals surface area contributed by atoms with Crippen molar-refractivity contribution >= 4 is 0 Å². The second-order valence-corrected chi connectivity index (χ2v) is 3.26. The Morgan fingerprint density at radius 3 is 2.85 bits per heavy atom. The molecule has 0 fully saturated rings. The van der Waals surface area contributed by atoms with Gasteiger partial charge in [-0.3, -0.25) is 4.98 Å². The second-order valence-electron chi connectivity index (χ2n) is 3.26. The van der Waals surface area contributed by atoms with Crippen molar-refractivity contribution in [2.75, 3.05) is 13.6 Å². The molecule has 0 saturated carbocycles. The molecule has 1 heterocycles. The van der Waals surface area contributed by atoms with E-state index >= 15 is 0 Å². The maximum atomic E-state index is 5.93. The van der Waals surface area contributed by atoms with Gasteiger partial charge in [0.25, 0.3) is 0 Å². The summed E-state index contributed by atoms with van der Waals surface area (Å²) in [4.78, 5) is 4.28. The molecule has 13 heavy (non-hydrogen) atoms. The Kier molecular flexibility index (Phi) is 3.86. The molecule has 0 aliphatic carbocycles. The van der Waals surface area contributed by atoms with Gasteiger partial charge >= 0.3 is 0 Å². The van der Waals surface area contributed by atoms with Gasteiger partial charge < -0.3 is 11.1 Å². The molecule has 0 amide bonds. The molecule has 0 aliphatic heterocycles. The fourth-order valence-corrected chi connectivity index (χ4v) is 1.15. The summed E-state index contributed by atoms with van der Waals surface area (Å²) in [6.07, 6.45) is 2.78. The number of nitrogens with zero attached hydrogens (tertiary/aromatic N) is 1. The number of nitrogens with one attached hydrogen (secondary N) is 1. The van der Waals surface area contributed by atoms with Crippen LogP contribution in [0, 0.1) is 6.92 Å². The molecule has 0 bridgehead atoms. The average molecular weight is 179 g/mol. The average Bonchev–Trinajstić information content (AvgIpc) is 2.15. The monoisotopic (exact) mass is 179 g/mol. The first-order valence-electron chi connectivity index (χ1n) is 4.56. The van der Waals surface area contributed by atoms with Gasteiger partial charge in [0.1, 0.15) is 0 Å². The van der Waals surface area contributed by atoms with Crippen molar-refractivity contribution in [2.45, 2.75) is 19.4 Å². The molecule has 3 heteroatoms. The summed E-state index contributed by atoms with van der Waals surface area (Å²) in [5.41, 5.74) is 8.07. The Morgan fingerprint density at radius 2 is 2.31 bits per heavy atom. The lowest BCUT2D eigenvalue weighted by atomic mass is 10.1. The summed E-state index contributed by atoms with van der Waals surface area (Å²) in [7, 11) is 1.93. The lowest BCUT2D eigenvalue weighted by Crippen LogP contribution is -2.18. The van der Waals surface area contributed by atoms with Crippen LogP contribution in [0.5, 0.6) is 0 Å². The number of hydrogen-bond donors (Lipinski definition) is 2. The molecule has 1 atom stereocenters. The van der Waals surface area contributed by atoms with Crippen molar-refractivity contribution in [2.24, 2.45) is 5.73 Å². The van der Waals surface area contributed by atoms with Crippen LogP contribution in [0.25, 0.3) is 0 Å². The van der Waals surface area contributed by atoms with Gasteiger partial charge in [-0.1, -0.05) is 6.07 Å². The minimum Gasteiger partial charge on any atom is -0.323 e. The predicted octanol–water partition coefficient (Wildman–Crippen LogP) is 0.999. The Morgan fingerprint density at radius 1 is 1.54 bits per heavy atom. The molecule has 0 aromatic carbocycles. The van der Waals surface area contributed by atoms with Crippen molar-refractivity contribution in [1.82, 2.24) is 10.3 Å². The minimum atomic E-state index is 0.0491. The molecule has 3 N–H and O–H groups in total. The van der Waals surface area contributed by atoms with Crippen molar-refractivity contribution in [3.63, 3.8) is 0 Å². The van der Waals surface area contributed by atoms with Gasteiger partial charge in [0.15, 0.2) is 0 Å². The zero-order chi connectivity index (χ0) is 9.68. The molecular weight excluding hydrogens is 162 g/mol. The van der Waals surface area contributed by atoms with E-state index in [0.717, 1.165) is 18.7 Å². The van der Waals surface area contributed by atoms with Crippen molar-refractivity contribution in [1.29, 1.82) is 0 Å². The molecule has 3 nitrogen and oxygen atoms in total. The maximum Gasteiger partial charge on any atom is 0.0571 e. The minimum absolute atomic E-state index is 0.0491. The summed E-state index contributed by atoms with van der Waals surface area (Å²) >= 11 is 0. The molecule has 1 unspecified atom stereocenters. The molecule has 0 spiro atoms. The van der Waals surface area contributed by atoms with E-state index in [1.807, 2.05) is 32.3 Å². The Bertz CT molecular complexity index is 243. The Hall–Kier alpha value is -0.930. The highest BCUT2D eigenvalue weighted by atomic mass is 14.8. The van der Waals surface area contributed by atoms with Crippen LogP contribution in [0.15, 0.2) is 18.3 Å². The molecule has 1 aromatic heterocycles. The zero-order valence-corrected chi connectivity index (χ0v) is 8.25. The van der Waals surface area contributed by atoms with E-state index in [-0.39, 0.29) is 6.04 Å². The lowest BCUT2D eigenvalue weighted by Gasteiger charge is -2.10. The van der Waals surface area contributed by atoms with Crippen LogP contribution >= 0.6 is 0 Å². The molecule has 1 aromatic rings. The van der Waals surface area contributed by atoms with Crippen LogP contribution in [-0.2, 0) is 0 Å². The number of pyridine rings is 1. The third-order valence-electron chi connectivity index (χ3n) is 2.02. The van der Waals surface area contributed by atoms with E-state index in [2.05, 4.69) is 10.3 Å². The highest BCUT2D eigenvalue weighted by Gasteiger charge is 2.05. The molecule has 0 saturated heterocycles. The van der Waals surface area contributed by atoms with Crippen LogP contribution in [-0.4, -0.2) is 18.6 Å². The number of nitrogens with two attached hydrogens (primary N) is 1. The molecule has 1 rings (SSSR count). The zero-order valence-electron chi connectivity index (χ0n) is 8.25. The van der Waals surface area contributed by atoms with E-state index < -0.39 is 0 Å². The lowest BCUT2D eigenvalue weighted by molar-refractivity contribution is 0.602. The number of rotatable bonds is 4. The van der Waals surface area contributed by atoms with E-state index in [4.69, 9.17) is 5.73 Å². The molecule has 0 aliphatic rings. The van der Waals surface area contributed by atoms with E-state index in [1.165, 1.54) is 5.56 Å². The van der Waals surface area contributed by atoms with Gasteiger partial charge in [-0.2, -0.15) is 0 Å². The fourth-order valence-electron chi connectivity index (χ4n) is 1.15. The summed E-state index contributed by atoms with van der Waals surface area (Å²) in [6.45, 7) is 2.95. The van der Waals surface area contributed by atoms with Gasteiger partial charge in [-0.05, 0) is 38.6 Å². The van der Waals surface area contributed by atoms with Gasteiger partial charge in [0.2, 0.25) is 0 Å². The van der Waals surface area contributed by atoms with E-state index in [9.17, 15) is 0 Å². The van der Waals surface area contributed by atoms with E-state index in [0.29, 0.717) is 0 Å². The summed E-state index contributed by atoms with van der Waals surface area (Å²) in [5.74, 6) is 0. The Labute approximate surface area is 79.4 Å². The largest absolute Gasteiger partial charge is 0.323 e. The van der Waals surface area contributed by atoms with Crippen molar-refractivity contribution < 1.29 is 0 Å². The number of aryl methyl sites for hydroxylation is 1. The predicted molar refractivity (Wildman–Crippen MR) is 54.4 cm³/mol. The van der Waals surface area contributed by atoms with Gasteiger partial charge in [0.05, 0.1) is 5.69 Å². The summed E-state index contributed by atoms with van der Waals surface area (Å²) in [6, 6.07) is 4.09. The second kappa shape index (κ2) is 4.94. The first-order chi connectivity index (χ1) is 6.24.